The molecule has 0 heterocycles. The van der Waals surface area contributed by atoms with Gasteiger partial charge < -0.3 is 4.90 Å². The Morgan fingerprint density at radius 1 is 1.15 bits per heavy atom. The third-order valence-electron chi connectivity index (χ3n) is 2.84. The van der Waals surface area contributed by atoms with Crippen LogP contribution in [-0.4, -0.2) is 29.8 Å². The van der Waals surface area contributed by atoms with Crippen LogP contribution in [0.2, 0.25) is 0 Å². The first kappa shape index (κ1) is 13.3. The van der Waals surface area contributed by atoms with Crippen molar-refractivity contribution in [3.63, 3.8) is 0 Å². The standard InChI is InChI=1S/C11H25NS/c1-6-9(3)11(7-2)12(5)8-10(4)13/h9-11,13H,6-8H2,1-5H3/t9-,10-,11?/m0/s1. The normalized spacial score (nSPS) is 18.7. The van der Waals surface area contributed by atoms with Crippen molar-refractivity contribution in [3.8, 4) is 0 Å². The summed E-state index contributed by atoms with van der Waals surface area (Å²) >= 11 is 4.43. The van der Waals surface area contributed by atoms with Crippen LogP contribution in [-0.2, 0) is 0 Å². The minimum atomic E-state index is 0.475. The summed E-state index contributed by atoms with van der Waals surface area (Å²) in [7, 11) is 2.22. The van der Waals surface area contributed by atoms with E-state index >= 15 is 0 Å². The van der Waals surface area contributed by atoms with E-state index < -0.39 is 0 Å². The lowest BCUT2D eigenvalue weighted by molar-refractivity contribution is 0.177. The lowest BCUT2D eigenvalue weighted by atomic mass is 9.96. The van der Waals surface area contributed by atoms with E-state index in [0.29, 0.717) is 5.25 Å². The molecule has 0 aromatic heterocycles. The molecule has 0 bridgehead atoms. The van der Waals surface area contributed by atoms with Gasteiger partial charge in [-0.15, -0.1) is 0 Å². The molecule has 1 nitrogen and oxygen atoms in total. The molecule has 0 aliphatic carbocycles. The summed E-state index contributed by atoms with van der Waals surface area (Å²) in [6.07, 6.45) is 2.51. The first-order valence-corrected chi connectivity index (χ1v) is 5.92. The van der Waals surface area contributed by atoms with E-state index in [1.165, 1.54) is 12.8 Å². The maximum Gasteiger partial charge on any atom is 0.0116 e. The number of thiol groups is 1. The third-order valence-corrected chi connectivity index (χ3v) is 3.00. The van der Waals surface area contributed by atoms with Crippen LogP contribution in [0.1, 0.15) is 40.5 Å². The maximum atomic E-state index is 4.43. The van der Waals surface area contributed by atoms with Gasteiger partial charge in [-0.25, -0.2) is 0 Å². The largest absolute Gasteiger partial charge is 0.302 e. The van der Waals surface area contributed by atoms with Gasteiger partial charge in [-0.1, -0.05) is 34.1 Å². The predicted octanol–water partition coefficient (Wildman–Crippen LogP) is 3.06. The molecule has 3 atom stereocenters. The Morgan fingerprint density at radius 3 is 2.00 bits per heavy atom. The van der Waals surface area contributed by atoms with Gasteiger partial charge in [0.05, 0.1) is 0 Å². The third kappa shape index (κ3) is 4.92. The molecule has 1 unspecified atom stereocenters. The van der Waals surface area contributed by atoms with Gasteiger partial charge in [-0.2, -0.15) is 12.6 Å². The number of hydrogen-bond donors (Lipinski definition) is 1. The molecule has 0 fully saturated rings. The van der Waals surface area contributed by atoms with Crippen LogP contribution in [0.15, 0.2) is 0 Å². The van der Waals surface area contributed by atoms with Crippen molar-refractivity contribution in [3.05, 3.63) is 0 Å². The monoisotopic (exact) mass is 203 g/mol. The van der Waals surface area contributed by atoms with Gasteiger partial charge in [0.2, 0.25) is 0 Å². The fourth-order valence-corrected chi connectivity index (χ4v) is 2.23. The van der Waals surface area contributed by atoms with E-state index in [-0.39, 0.29) is 0 Å². The molecular weight excluding hydrogens is 178 g/mol. The van der Waals surface area contributed by atoms with E-state index in [2.05, 4.69) is 52.3 Å². The van der Waals surface area contributed by atoms with E-state index in [4.69, 9.17) is 0 Å². The Bertz CT molecular complexity index is 125. The van der Waals surface area contributed by atoms with Crippen molar-refractivity contribution < 1.29 is 0 Å². The number of rotatable bonds is 6. The van der Waals surface area contributed by atoms with Crippen molar-refractivity contribution in [1.82, 2.24) is 4.90 Å². The fourth-order valence-electron chi connectivity index (χ4n) is 1.97. The minimum absolute atomic E-state index is 0.475. The molecule has 0 N–H and O–H groups in total. The average molecular weight is 203 g/mol. The molecule has 80 valence electrons. The van der Waals surface area contributed by atoms with Crippen molar-refractivity contribution in [1.29, 1.82) is 0 Å². The van der Waals surface area contributed by atoms with E-state index in [1.807, 2.05) is 0 Å². The highest BCUT2D eigenvalue weighted by Crippen LogP contribution is 2.17. The first-order chi connectivity index (χ1) is 6.02. The van der Waals surface area contributed by atoms with Crippen LogP contribution < -0.4 is 0 Å². The SMILES string of the molecule is CCC([C@@H](C)CC)N(C)C[C@H](C)S. The summed E-state index contributed by atoms with van der Waals surface area (Å²) in [5.41, 5.74) is 0. The molecule has 0 rings (SSSR count). The van der Waals surface area contributed by atoms with Gasteiger partial charge in [-0.3, -0.25) is 0 Å². The average Bonchev–Trinajstić information content (AvgIpc) is 2.03. The zero-order valence-electron chi connectivity index (χ0n) is 9.75. The summed E-state index contributed by atoms with van der Waals surface area (Å²) in [5, 5.41) is 0.475. The molecule has 0 aliphatic heterocycles. The lowest BCUT2D eigenvalue weighted by Crippen LogP contribution is -2.39. The van der Waals surface area contributed by atoms with Crippen LogP contribution >= 0.6 is 12.6 Å². The van der Waals surface area contributed by atoms with Gasteiger partial charge in [0.1, 0.15) is 0 Å². The van der Waals surface area contributed by atoms with Crippen molar-refractivity contribution in [2.75, 3.05) is 13.6 Å². The van der Waals surface area contributed by atoms with E-state index in [1.54, 1.807) is 0 Å². The molecule has 0 amide bonds. The van der Waals surface area contributed by atoms with E-state index in [9.17, 15) is 0 Å². The highest BCUT2D eigenvalue weighted by atomic mass is 32.1. The molecule has 2 heteroatoms. The summed E-state index contributed by atoms with van der Waals surface area (Å²) in [5.74, 6) is 0.794. The quantitative estimate of drug-likeness (QED) is 0.649. The molecule has 0 aliphatic rings. The Kier molecular flexibility index (Phi) is 6.88. The zero-order chi connectivity index (χ0) is 10.4. The highest BCUT2D eigenvalue weighted by molar-refractivity contribution is 7.80. The van der Waals surface area contributed by atoms with Gasteiger partial charge in [-0.05, 0) is 19.4 Å². The Labute approximate surface area is 89.3 Å². The van der Waals surface area contributed by atoms with Crippen molar-refractivity contribution in [2.45, 2.75) is 51.8 Å². The fraction of sp³-hybridized carbons (Fsp3) is 1.00. The zero-order valence-corrected chi connectivity index (χ0v) is 10.6. The van der Waals surface area contributed by atoms with Crippen LogP contribution in [0.5, 0.6) is 0 Å². The Morgan fingerprint density at radius 2 is 1.69 bits per heavy atom. The van der Waals surface area contributed by atoms with Crippen molar-refractivity contribution >= 4 is 12.6 Å². The summed E-state index contributed by atoms with van der Waals surface area (Å²) in [6.45, 7) is 10.1. The molecular formula is C11H25NS. The van der Waals surface area contributed by atoms with Crippen LogP contribution in [0.4, 0.5) is 0 Å². The first-order valence-electron chi connectivity index (χ1n) is 5.41. The lowest BCUT2D eigenvalue weighted by Gasteiger charge is -2.32. The maximum absolute atomic E-state index is 4.43. The van der Waals surface area contributed by atoms with Crippen molar-refractivity contribution in [2.24, 2.45) is 5.92 Å². The summed E-state index contributed by atoms with van der Waals surface area (Å²) in [4.78, 5) is 2.45. The molecule has 0 aromatic carbocycles. The molecule has 13 heavy (non-hydrogen) atoms. The molecule has 0 spiro atoms. The van der Waals surface area contributed by atoms with Crippen LogP contribution in [0.3, 0.4) is 0 Å². The van der Waals surface area contributed by atoms with Gasteiger partial charge in [0.25, 0.3) is 0 Å². The smallest absolute Gasteiger partial charge is 0.0116 e. The molecule has 0 aromatic rings. The summed E-state index contributed by atoms with van der Waals surface area (Å²) < 4.78 is 0. The Balaban J connectivity index is 4.06. The van der Waals surface area contributed by atoms with Crippen LogP contribution in [0, 0.1) is 5.92 Å². The van der Waals surface area contributed by atoms with Gasteiger partial charge >= 0.3 is 0 Å². The molecule has 0 saturated heterocycles. The minimum Gasteiger partial charge on any atom is -0.302 e. The predicted molar refractivity (Wildman–Crippen MR) is 64.6 cm³/mol. The molecule has 0 saturated carbocycles. The molecule has 0 radical (unpaired) electrons. The highest BCUT2D eigenvalue weighted by Gasteiger charge is 2.18. The Hall–Kier alpha value is 0.310. The van der Waals surface area contributed by atoms with Gasteiger partial charge in [0.15, 0.2) is 0 Å². The topological polar surface area (TPSA) is 3.24 Å². The second kappa shape index (κ2) is 6.72. The second-order valence-electron chi connectivity index (χ2n) is 4.15. The van der Waals surface area contributed by atoms with E-state index in [0.717, 1.165) is 18.5 Å². The number of hydrogen-bond acceptors (Lipinski definition) is 2. The van der Waals surface area contributed by atoms with Crippen LogP contribution in [0.25, 0.3) is 0 Å². The van der Waals surface area contributed by atoms with Gasteiger partial charge in [0, 0.05) is 17.8 Å². The number of nitrogens with zero attached hydrogens (tertiary/aromatic N) is 1. The summed E-state index contributed by atoms with van der Waals surface area (Å²) in [6, 6.07) is 0.722. The second-order valence-corrected chi connectivity index (χ2v) is 5.03.